The highest BCUT2D eigenvalue weighted by molar-refractivity contribution is 7.99. The van der Waals surface area contributed by atoms with Crippen LogP contribution in [0.3, 0.4) is 0 Å². The smallest absolute Gasteiger partial charge is 0.0949 e. The molecule has 1 aliphatic rings. The predicted molar refractivity (Wildman–Crippen MR) is 44.0 cm³/mol. The van der Waals surface area contributed by atoms with Crippen LogP contribution in [-0.4, -0.2) is 35.5 Å². The molecule has 0 amide bonds. The Hall–Kier alpha value is -0.200. The molecule has 56 valence electrons. The van der Waals surface area contributed by atoms with Gasteiger partial charge in [-0.25, -0.2) is 0 Å². The van der Waals surface area contributed by atoms with Crippen LogP contribution in [0.5, 0.6) is 0 Å². The molecule has 1 saturated heterocycles. The van der Waals surface area contributed by atoms with Crippen molar-refractivity contribution in [1.29, 1.82) is 5.26 Å². The predicted octanol–water partition coefficient (Wildman–Crippen LogP) is 0.947. The Kier molecular flexibility index (Phi) is 3.04. The average molecular weight is 156 g/mol. The van der Waals surface area contributed by atoms with Gasteiger partial charge in [0.25, 0.3) is 0 Å². The summed E-state index contributed by atoms with van der Waals surface area (Å²) in [5.74, 6) is 2.37. The van der Waals surface area contributed by atoms with E-state index in [4.69, 9.17) is 5.26 Å². The van der Waals surface area contributed by atoms with E-state index in [1.807, 2.05) is 18.7 Å². The molecule has 1 atom stereocenters. The molecule has 3 heteroatoms. The molecule has 0 aliphatic carbocycles. The van der Waals surface area contributed by atoms with E-state index in [2.05, 4.69) is 11.0 Å². The van der Waals surface area contributed by atoms with Crippen LogP contribution in [0.25, 0.3) is 0 Å². The van der Waals surface area contributed by atoms with Crippen molar-refractivity contribution in [2.75, 3.05) is 24.6 Å². The molecule has 1 fully saturated rings. The second kappa shape index (κ2) is 3.85. The summed E-state index contributed by atoms with van der Waals surface area (Å²) in [6.45, 7) is 4.13. The normalized spacial score (nSPS) is 23.6. The molecule has 1 aliphatic heterocycles. The van der Waals surface area contributed by atoms with Crippen molar-refractivity contribution in [2.45, 2.75) is 13.0 Å². The molecule has 1 unspecified atom stereocenters. The van der Waals surface area contributed by atoms with Crippen molar-refractivity contribution in [2.24, 2.45) is 0 Å². The zero-order valence-corrected chi connectivity index (χ0v) is 7.02. The van der Waals surface area contributed by atoms with E-state index in [9.17, 15) is 0 Å². The highest BCUT2D eigenvalue weighted by Crippen LogP contribution is 2.11. The molecular weight excluding hydrogens is 144 g/mol. The van der Waals surface area contributed by atoms with Gasteiger partial charge in [0, 0.05) is 24.6 Å². The molecule has 0 spiro atoms. The number of hydrogen-bond donors (Lipinski definition) is 0. The van der Waals surface area contributed by atoms with Gasteiger partial charge in [-0.2, -0.15) is 17.0 Å². The number of nitriles is 1. The Balaban J connectivity index is 2.33. The van der Waals surface area contributed by atoms with Crippen LogP contribution in [0, 0.1) is 11.3 Å². The van der Waals surface area contributed by atoms with Crippen LogP contribution in [0.4, 0.5) is 0 Å². The van der Waals surface area contributed by atoms with E-state index in [-0.39, 0.29) is 6.04 Å². The zero-order chi connectivity index (χ0) is 7.40. The third-order valence-electron chi connectivity index (χ3n) is 1.78. The fourth-order valence-corrected chi connectivity index (χ4v) is 1.98. The van der Waals surface area contributed by atoms with Crippen molar-refractivity contribution >= 4 is 11.8 Å². The second-order valence-electron chi connectivity index (χ2n) is 2.45. The van der Waals surface area contributed by atoms with E-state index in [1.165, 1.54) is 11.5 Å². The van der Waals surface area contributed by atoms with Gasteiger partial charge in [0.1, 0.15) is 0 Å². The maximum absolute atomic E-state index is 8.59. The minimum Gasteiger partial charge on any atom is -0.287 e. The molecule has 0 bridgehead atoms. The summed E-state index contributed by atoms with van der Waals surface area (Å²) in [6, 6.07) is 2.36. The number of nitrogens with zero attached hydrogens (tertiary/aromatic N) is 2. The van der Waals surface area contributed by atoms with Gasteiger partial charge in [-0.05, 0) is 6.92 Å². The fourth-order valence-electron chi connectivity index (χ4n) is 1.05. The maximum atomic E-state index is 8.59. The Morgan fingerprint density at radius 3 is 2.60 bits per heavy atom. The minimum absolute atomic E-state index is 0.112. The number of rotatable bonds is 1. The summed E-state index contributed by atoms with van der Waals surface area (Å²) >= 11 is 1.98. The van der Waals surface area contributed by atoms with Gasteiger partial charge in [-0.1, -0.05) is 0 Å². The molecule has 10 heavy (non-hydrogen) atoms. The van der Waals surface area contributed by atoms with Gasteiger partial charge in [0.05, 0.1) is 12.1 Å². The van der Waals surface area contributed by atoms with E-state index < -0.39 is 0 Å². The lowest BCUT2D eigenvalue weighted by atomic mass is 10.3. The van der Waals surface area contributed by atoms with Gasteiger partial charge in [0.2, 0.25) is 0 Å². The SMILES string of the molecule is CC(C#N)N1CCSCC1. The van der Waals surface area contributed by atoms with Gasteiger partial charge in [0.15, 0.2) is 0 Å². The first-order chi connectivity index (χ1) is 4.84. The third kappa shape index (κ3) is 1.89. The monoisotopic (exact) mass is 156 g/mol. The molecule has 2 nitrogen and oxygen atoms in total. The average Bonchev–Trinajstić information content (AvgIpc) is 2.05. The van der Waals surface area contributed by atoms with E-state index >= 15 is 0 Å². The van der Waals surface area contributed by atoms with Crippen LogP contribution < -0.4 is 0 Å². The molecule has 1 rings (SSSR count). The largest absolute Gasteiger partial charge is 0.287 e. The Morgan fingerprint density at radius 2 is 2.10 bits per heavy atom. The topological polar surface area (TPSA) is 27.0 Å². The Bertz CT molecular complexity index is 135. The van der Waals surface area contributed by atoms with Crippen molar-refractivity contribution in [1.82, 2.24) is 4.90 Å². The number of thioether (sulfide) groups is 1. The van der Waals surface area contributed by atoms with Crippen LogP contribution in [-0.2, 0) is 0 Å². The van der Waals surface area contributed by atoms with Crippen LogP contribution >= 0.6 is 11.8 Å². The second-order valence-corrected chi connectivity index (χ2v) is 3.68. The molecule has 0 radical (unpaired) electrons. The molecule has 0 aromatic heterocycles. The van der Waals surface area contributed by atoms with Crippen molar-refractivity contribution in [3.63, 3.8) is 0 Å². The highest BCUT2D eigenvalue weighted by atomic mass is 32.2. The summed E-state index contributed by atoms with van der Waals surface area (Å²) < 4.78 is 0. The lowest BCUT2D eigenvalue weighted by molar-refractivity contribution is 0.272. The van der Waals surface area contributed by atoms with E-state index in [0.29, 0.717) is 0 Å². The first-order valence-electron chi connectivity index (χ1n) is 3.56. The first-order valence-corrected chi connectivity index (χ1v) is 4.71. The third-order valence-corrected chi connectivity index (χ3v) is 2.72. The van der Waals surface area contributed by atoms with Gasteiger partial charge >= 0.3 is 0 Å². The van der Waals surface area contributed by atoms with Crippen molar-refractivity contribution in [3.8, 4) is 6.07 Å². The summed E-state index contributed by atoms with van der Waals surface area (Å²) in [6.07, 6.45) is 0. The molecule has 0 N–H and O–H groups in total. The molecule has 0 aromatic rings. The summed E-state index contributed by atoms with van der Waals surface area (Å²) in [4.78, 5) is 2.23. The minimum atomic E-state index is 0.112. The Morgan fingerprint density at radius 1 is 1.50 bits per heavy atom. The summed E-state index contributed by atoms with van der Waals surface area (Å²) in [7, 11) is 0. The summed E-state index contributed by atoms with van der Waals surface area (Å²) in [5, 5.41) is 8.59. The molecular formula is C7H12N2S. The maximum Gasteiger partial charge on any atom is 0.0949 e. The lowest BCUT2D eigenvalue weighted by Gasteiger charge is -2.27. The highest BCUT2D eigenvalue weighted by Gasteiger charge is 2.15. The quantitative estimate of drug-likeness (QED) is 0.565. The Labute approximate surface area is 66.2 Å². The molecule has 1 heterocycles. The van der Waals surface area contributed by atoms with Gasteiger partial charge in [-0.15, -0.1) is 0 Å². The standard InChI is InChI=1S/C7H12N2S/c1-7(6-8)9-2-4-10-5-3-9/h7H,2-5H2,1H3. The summed E-state index contributed by atoms with van der Waals surface area (Å²) in [5.41, 5.74) is 0. The first kappa shape index (κ1) is 7.90. The van der Waals surface area contributed by atoms with Crippen molar-refractivity contribution in [3.05, 3.63) is 0 Å². The van der Waals surface area contributed by atoms with Crippen LogP contribution in [0.2, 0.25) is 0 Å². The molecule has 0 aromatic carbocycles. The number of hydrogen-bond acceptors (Lipinski definition) is 3. The van der Waals surface area contributed by atoms with E-state index in [0.717, 1.165) is 13.1 Å². The van der Waals surface area contributed by atoms with Gasteiger partial charge < -0.3 is 0 Å². The van der Waals surface area contributed by atoms with Crippen LogP contribution in [0.1, 0.15) is 6.92 Å². The lowest BCUT2D eigenvalue weighted by Crippen LogP contribution is -2.38. The molecule has 0 saturated carbocycles. The fraction of sp³-hybridized carbons (Fsp3) is 0.857. The van der Waals surface area contributed by atoms with E-state index in [1.54, 1.807) is 0 Å². The van der Waals surface area contributed by atoms with Crippen LogP contribution in [0.15, 0.2) is 0 Å². The zero-order valence-electron chi connectivity index (χ0n) is 6.21. The van der Waals surface area contributed by atoms with Crippen molar-refractivity contribution < 1.29 is 0 Å². The van der Waals surface area contributed by atoms with Gasteiger partial charge in [-0.3, -0.25) is 4.90 Å².